The van der Waals surface area contributed by atoms with Crippen LogP contribution in [0.15, 0.2) is 18.2 Å². The van der Waals surface area contributed by atoms with E-state index in [0.717, 1.165) is 6.07 Å². The highest BCUT2D eigenvalue weighted by atomic mass is 19.1. The van der Waals surface area contributed by atoms with Gasteiger partial charge in [0.25, 0.3) is 0 Å². The molecule has 0 aliphatic carbocycles. The zero-order valence-electron chi connectivity index (χ0n) is 10.4. The highest BCUT2D eigenvalue weighted by Crippen LogP contribution is 2.25. The number of aromatic hydroxyl groups is 1. The maximum atomic E-state index is 12.8. The summed E-state index contributed by atoms with van der Waals surface area (Å²) in [5.41, 5.74) is 0.656. The summed E-state index contributed by atoms with van der Waals surface area (Å²) in [6.07, 6.45) is 0. The van der Waals surface area contributed by atoms with E-state index < -0.39 is 5.82 Å². The Kier molecular flexibility index (Phi) is 4.90. The summed E-state index contributed by atoms with van der Waals surface area (Å²) >= 11 is 0. The van der Waals surface area contributed by atoms with Crippen LogP contribution in [0.5, 0.6) is 5.75 Å². The van der Waals surface area contributed by atoms with Gasteiger partial charge in [-0.05, 0) is 25.8 Å². The van der Waals surface area contributed by atoms with Crippen LogP contribution in [0, 0.1) is 11.7 Å². The van der Waals surface area contributed by atoms with Gasteiger partial charge < -0.3 is 15.5 Å². The predicted octanol–water partition coefficient (Wildman–Crippen LogP) is 2.20. The number of nitrogens with one attached hydrogen (secondary N) is 1. The molecule has 0 radical (unpaired) electrons. The number of phenols is 1. The van der Waals surface area contributed by atoms with Crippen molar-refractivity contribution in [2.75, 3.05) is 6.61 Å². The predicted molar refractivity (Wildman–Crippen MR) is 65.3 cm³/mol. The van der Waals surface area contributed by atoms with E-state index in [1.807, 2.05) is 20.8 Å². The zero-order chi connectivity index (χ0) is 13.0. The smallest absolute Gasteiger partial charge is 0.126 e. The van der Waals surface area contributed by atoms with Crippen molar-refractivity contribution in [3.8, 4) is 5.75 Å². The lowest BCUT2D eigenvalue weighted by Gasteiger charge is -2.24. The lowest BCUT2D eigenvalue weighted by atomic mass is 10.0. The number of rotatable bonds is 5. The van der Waals surface area contributed by atoms with Gasteiger partial charge >= 0.3 is 0 Å². The van der Waals surface area contributed by atoms with Crippen molar-refractivity contribution in [2.45, 2.75) is 32.9 Å². The molecular weight excluding hydrogens is 221 g/mol. The largest absolute Gasteiger partial charge is 0.508 e. The molecule has 0 saturated heterocycles. The number of hydrogen-bond acceptors (Lipinski definition) is 3. The van der Waals surface area contributed by atoms with Gasteiger partial charge in [-0.2, -0.15) is 0 Å². The van der Waals surface area contributed by atoms with E-state index in [1.165, 1.54) is 6.07 Å². The third-order valence-electron chi connectivity index (χ3n) is 3.11. The molecule has 3 N–H and O–H groups in total. The number of benzene rings is 1. The standard InChI is InChI=1S/C13H20FNO2/c1-8(7-16)9(2)15-10(3)12-5-4-11(14)6-13(12)17/h4-6,8-10,15-17H,7H2,1-3H3. The van der Waals surface area contributed by atoms with E-state index in [-0.39, 0.29) is 30.4 Å². The van der Waals surface area contributed by atoms with Crippen LogP contribution in [0.2, 0.25) is 0 Å². The van der Waals surface area contributed by atoms with Gasteiger partial charge in [-0.3, -0.25) is 0 Å². The number of phenolic OH excluding ortho intramolecular Hbond substituents is 1. The van der Waals surface area contributed by atoms with E-state index >= 15 is 0 Å². The molecule has 1 rings (SSSR count). The van der Waals surface area contributed by atoms with Crippen molar-refractivity contribution in [1.82, 2.24) is 5.32 Å². The lowest BCUT2D eigenvalue weighted by molar-refractivity contribution is 0.202. The Hall–Kier alpha value is -1.13. The van der Waals surface area contributed by atoms with Crippen LogP contribution in [-0.4, -0.2) is 22.9 Å². The Labute approximate surface area is 101 Å². The molecular formula is C13H20FNO2. The Balaban J connectivity index is 2.72. The summed E-state index contributed by atoms with van der Waals surface area (Å²) in [6, 6.07) is 4.01. The van der Waals surface area contributed by atoms with Crippen LogP contribution in [0.25, 0.3) is 0 Å². The van der Waals surface area contributed by atoms with E-state index in [1.54, 1.807) is 6.07 Å². The van der Waals surface area contributed by atoms with Crippen LogP contribution in [0.1, 0.15) is 32.4 Å². The quantitative estimate of drug-likeness (QED) is 0.740. The molecule has 0 spiro atoms. The summed E-state index contributed by atoms with van der Waals surface area (Å²) < 4.78 is 12.8. The van der Waals surface area contributed by atoms with Crippen molar-refractivity contribution in [2.24, 2.45) is 5.92 Å². The van der Waals surface area contributed by atoms with Crippen molar-refractivity contribution in [3.63, 3.8) is 0 Å². The van der Waals surface area contributed by atoms with Crippen molar-refractivity contribution in [1.29, 1.82) is 0 Å². The summed E-state index contributed by atoms with van der Waals surface area (Å²) in [5, 5.41) is 21.9. The fourth-order valence-electron chi connectivity index (χ4n) is 1.69. The van der Waals surface area contributed by atoms with Gasteiger partial charge in [0, 0.05) is 30.3 Å². The molecule has 17 heavy (non-hydrogen) atoms. The first-order valence-corrected chi connectivity index (χ1v) is 5.81. The SMILES string of the molecule is CC(NC(C)C(C)CO)c1ccc(F)cc1O. The molecule has 0 aromatic heterocycles. The average molecular weight is 241 g/mol. The second-order valence-electron chi connectivity index (χ2n) is 4.54. The summed E-state index contributed by atoms with van der Waals surface area (Å²) in [6.45, 7) is 5.91. The van der Waals surface area contributed by atoms with Gasteiger partial charge in [-0.1, -0.05) is 13.0 Å². The molecule has 0 bridgehead atoms. The fourth-order valence-corrected chi connectivity index (χ4v) is 1.69. The minimum Gasteiger partial charge on any atom is -0.508 e. The Bertz CT molecular complexity index is 370. The van der Waals surface area contributed by atoms with E-state index in [4.69, 9.17) is 5.11 Å². The second kappa shape index (κ2) is 5.98. The monoisotopic (exact) mass is 241 g/mol. The molecule has 96 valence electrons. The van der Waals surface area contributed by atoms with Crippen molar-refractivity contribution >= 4 is 0 Å². The van der Waals surface area contributed by atoms with E-state index in [0.29, 0.717) is 5.56 Å². The zero-order valence-corrected chi connectivity index (χ0v) is 10.4. The molecule has 0 aliphatic rings. The molecule has 0 saturated carbocycles. The van der Waals surface area contributed by atoms with E-state index in [2.05, 4.69) is 5.32 Å². The number of hydrogen-bond donors (Lipinski definition) is 3. The molecule has 1 aromatic rings. The summed E-state index contributed by atoms with van der Waals surface area (Å²) in [7, 11) is 0. The van der Waals surface area contributed by atoms with Crippen LogP contribution in [0.4, 0.5) is 4.39 Å². The van der Waals surface area contributed by atoms with Crippen LogP contribution in [-0.2, 0) is 0 Å². The molecule has 4 heteroatoms. The molecule has 0 fully saturated rings. The highest BCUT2D eigenvalue weighted by molar-refractivity contribution is 5.34. The molecule has 3 atom stereocenters. The number of aliphatic hydroxyl groups is 1. The Morgan fingerprint density at radius 1 is 1.29 bits per heavy atom. The molecule has 3 unspecified atom stereocenters. The van der Waals surface area contributed by atoms with Crippen LogP contribution >= 0.6 is 0 Å². The van der Waals surface area contributed by atoms with Gasteiger partial charge in [0.05, 0.1) is 0 Å². The third kappa shape index (κ3) is 3.68. The Morgan fingerprint density at radius 3 is 2.47 bits per heavy atom. The lowest BCUT2D eigenvalue weighted by Crippen LogP contribution is -2.35. The summed E-state index contributed by atoms with van der Waals surface area (Å²) in [5.74, 6) is -0.371. The first kappa shape index (κ1) is 13.9. The molecule has 0 amide bonds. The number of halogens is 1. The first-order chi connectivity index (χ1) is 7.95. The summed E-state index contributed by atoms with van der Waals surface area (Å²) in [4.78, 5) is 0. The van der Waals surface area contributed by atoms with Crippen molar-refractivity contribution < 1.29 is 14.6 Å². The topological polar surface area (TPSA) is 52.5 Å². The molecule has 0 aliphatic heterocycles. The first-order valence-electron chi connectivity index (χ1n) is 5.81. The van der Waals surface area contributed by atoms with Crippen molar-refractivity contribution in [3.05, 3.63) is 29.6 Å². The molecule has 3 nitrogen and oxygen atoms in total. The maximum absolute atomic E-state index is 12.8. The van der Waals surface area contributed by atoms with Gasteiger partial charge in [0.2, 0.25) is 0 Å². The fraction of sp³-hybridized carbons (Fsp3) is 0.538. The maximum Gasteiger partial charge on any atom is 0.126 e. The second-order valence-corrected chi connectivity index (χ2v) is 4.54. The minimum atomic E-state index is -0.449. The molecule has 1 aromatic carbocycles. The van der Waals surface area contributed by atoms with Crippen LogP contribution < -0.4 is 5.32 Å². The average Bonchev–Trinajstić information content (AvgIpc) is 2.27. The van der Waals surface area contributed by atoms with Gasteiger partial charge in [0.1, 0.15) is 11.6 Å². The van der Waals surface area contributed by atoms with Gasteiger partial charge in [-0.15, -0.1) is 0 Å². The normalized spacial score (nSPS) is 16.5. The van der Waals surface area contributed by atoms with Gasteiger partial charge in [0.15, 0.2) is 0 Å². The molecule has 0 heterocycles. The van der Waals surface area contributed by atoms with Gasteiger partial charge in [-0.25, -0.2) is 4.39 Å². The number of aliphatic hydroxyl groups excluding tert-OH is 1. The Morgan fingerprint density at radius 2 is 1.94 bits per heavy atom. The third-order valence-corrected chi connectivity index (χ3v) is 3.11. The van der Waals surface area contributed by atoms with E-state index in [9.17, 15) is 9.50 Å². The minimum absolute atomic E-state index is 0.0474. The van der Waals surface area contributed by atoms with Crippen LogP contribution in [0.3, 0.4) is 0 Å². The highest BCUT2D eigenvalue weighted by Gasteiger charge is 2.17.